The minimum absolute atomic E-state index is 0.321. The fraction of sp³-hybridized carbons (Fsp3) is 0.739. The van der Waals surface area contributed by atoms with Gasteiger partial charge in [0.1, 0.15) is 30.0 Å². The van der Waals surface area contributed by atoms with Crippen molar-refractivity contribution < 1.29 is 20.1 Å². The first-order chi connectivity index (χ1) is 17.0. The third kappa shape index (κ3) is 4.74. The highest BCUT2D eigenvalue weighted by atomic mass is 32.2. The molecule has 11 nitrogen and oxygen atoms in total. The van der Waals surface area contributed by atoms with Crippen molar-refractivity contribution in [3.05, 3.63) is 5.69 Å². The van der Waals surface area contributed by atoms with Crippen LogP contribution in [0, 0.1) is 5.41 Å². The lowest BCUT2D eigenvalue weighted by atomic mass is 10.1. The Morgan fingerprint density at radius 1 is 1.03 bits per heavy atom. The van der Waals surface area contributed by atoms with Crippen LogP contribution in [0.2, 0.25) is 0 Å². The zero-order valence-electron chi connectivity index (χ0n) is 20.1. The lowest BCUT2D eigenvalue weighted by molar-refractivity contribution is -0.0568. The first-order valence-corrected chi connectivity index (χ1v) is 13.8. The molecular formula is C23H35N7O4S. The van der Waals surface area contributed by atoms with E-state index in [0.29, 0.717) is 28.8 Å². The Bertz CT molecular complexity index is 1050. The van der Waals surface area contributed by atoms with Crippen LogP contribution in [0.25, 0.3) is 11.0 Å². The molecular weight excluding hydrogens is 470 g/mol. The average molecular weight is 506 g/mol. The molecule has 12 heteroatoms. The fourth-order valence-electron chi connectivity index (χ4n) is 5.31. The number of aliphatic hydroxyl groups is 3. The van der Waals surface area contributed by atoms with E-state index in [1.54, 1.807) is 0 Å². The number of hydrogen-bond donors (Lipinski definition) is 4. The zero-order chi connectivity index (χ0) is 24.5. The summed E-state index contributed by atoms with van der Waals surface area (Å²) in [5.41, 5.74) is 1.18. The van der Waals surface area contributed by atoms with Crippen LogP contribution in [-0.4, -0.2) is 103 Å². The van der Waals surface area contributed by atoms with Gasteiger partial charge in [0.25, 0.3) is 0 Å². The number of likely N-dealkylation sites (tertiary alicyclic amines) is 1. The summed E-state index contributed by atoms with van der Waals surface area (Å²) < 4.78 is 7.35. The summed E-state index contributed by atoms with van der Waals surface area (Å²) in [5, 5.41) is 45.7. The van der Waals surface area contributed by atoms with Crippen molar-refractivity contribution in [3.63, 3.8) is 0 Å². The lowest BCUT2D eigenvalue weighted by Gasteiger charge is -2.29. The van der Waals surface area contributed by atoms with Crippen molar-refractivity contribution in [1.82, 2.24) is 24.6 Å². The maximum Gasteiger partial charge on any atom is 0.191 e. The highest BCUT2D eigenvalue weighted by Crippen LogP contribution is 2.36. The maximum atomic E-state index is 10.8. The molecule has 5 heterocycles. The van der Waals surface area contributed by atoms with Crippen LogP contribution < -0.4 is 4.90 Å². The van der Waals surface area contributed by atoms with E-state index in [9.17, 15) is 15.3 Å². The third-order valence-electron chi connectivity index (χ3n) is 7.25. The van der Waals surface area contributed by atoms with E-state index in [4.69, 9.17) is 25.2 Å². The van der Waals surface area contributed by atoms with Gasteiger partial charge in [-0.2, -0.15) is 5.10 Å². The molecule has 3 aliphatic rings. The summed E-state index contributed by atoms with van der Waals surface area (Å²) in [6.45, 7) is 3.12. The van der Waals surface area contributed by atoms with E-state index < -0.39 is 31.1 Å². The number of nitrogens with one attached hydrogen (secondary N) is 1. The van der Waals surface area contributed by atoms with Gasteiger partial charge in [-0.25, -0.2) is 14.6 Å². The molecule has 5 rings (SSSR count). The van der Waals surface area contributed by atoms with Gasteiger partial charge < -0.3 is 29.9 Å². The molecule has 3 aliphatic heterocycles. The number of ether oxygens (including phenoxy) is 1. The van der Waals surface area contributed by atoms with E-state index in [2.05, 4.69) is 9.80 Å². The highest BCUT2D eigenvalue weighted by Gasteiger charge is 2.45. The average Bonchev–Trinajstić information content (AvgIpc) is 3.40. The molecule has 0 aliphatic carbocycles. The third-order valence-corrected chi connectivity index (χ3v) is 7.80. The number of thioether (sulfide) groups is 1. The Balaban J connectivity index is 1.62. The van der Waals surface area contributed by atoms with Crippen molar-refractivity contribution in [2.45, 2.75) is 74.6 Å². The molecule has 0 spiro atoms. The van der Waals surface area contributed by atoms with E-state index in [0.717, 1.165) is 63.1 Å². The minimum atomic E-state index is -1.27. The normalized spacial score (nSPS) is 27.7. The van der Waals surface area contributed by atoms with Gasteiger partial charge in [0.15, 0.2) is 17.0 Å². The number of piperidine rings is 2. The smallest absolute Gasteiger partial charge is 0.191 e. The monoisotopic (exact) mass is 505 g/mol. The Morgan fingerprint density at radius 2 is 1.71 bits per heavy atom. The van der Waals surface area contributed by atoms with Crippen LogP contribution in [0.15, 0.2) is 5.16 Å². The van der Waals surface area contributed by atoms with E-state index in [1.165, 1.54) is 29.3 Å². The molecule has 0 saturated carbocycles. The SMILES string of the molecule is CSc1nc(N2CCCCC2)c2c(CC(=N)N3CCCCC3)nn([C@@H]3O[C@H](CO)[C@@H](O)[C@H]3O)c2n1. The molecule has 4 atom stereocenters. The molecule has 3 saturated heterocycles. The molecule has 0 unspecified atom stereocenters. The second-order valence-electron chi connectivity index (χ2n) is 9.57. The van der Waals surface area contributed by atoms with Gasteiger partial charge in [0, 0.05) is 32.6 Å². The van der Waals surface area contributed by atoms with Crippen molar-refractivity contribution in [1.29, 1.82) is 5.41 Å². The number of hydrogen-bond acceptors (Lipinski definition) is 10. The Labute approximate surface area is 209 Å². The summed E-state index contributed by atoms with van der Waals surface area (Å²) in [5.74, 6) is 1.31. The Hall–Kier alpha value is -1.99. The molecule has 0 radical (unpaired) electrons. The van der Waals surface area contributed by atoms with Gasteiger partial charge in [-0.1, -0.05) is 11.8 Å². The van der Waals surface area contributed by atoms with E-state index in [1.807, 2.05) is 6.26 Å². The molecule has 35 heavy (non-hydrogen) atoms. The van der Waals surface area contributed by atoms with E-state index in [-0.39, 0.29) is 0 Å². The van der Waals surface area contributed by atoms with Gasteiger partial charge in [0.2, 0.25) is 0 Å². The van der Waals surface area contributed by atoms with Gasteiger partial charge in [-0.05, 0) is 44.8 Å². The number of rotatable bonds is 6. The summed E-state index contributed by atoms with van der Waals surface area (Å²) in [6, 6.07) is 0. The Morgan fingerprint density at radius 3 is 2.34 bits per heavy atom. The first-order valence-electron chi connectivity index (χ1n) is 12.5. The number of anilines is 1. The van der Waals surface area contributed by atoms with Crippen LogP contribution in [0.3, 0.4) is 0 Å². The van der Waals surface area contributed by atoms with Crippen LogP contribution >= 0.6 is 11.8 Å². The quantitative estimate of drug-likeness (QED) is 0.195. The van der Waals surface area contributed by atoms with E-state index >= 15 is 0 Å². The number of nitrogens with zero attached hydrogens (tertiary/aromatic N) is 6. The standard InChI is InChI=1S/C23H35N7O4S/c1-35-23-25-20(29-10-6-3-7-11-29)17-14(12-16(24)28-8-4-2-5-9-28)27-30(21(17)26-23)22-19(33)18(32)15(13-31)34-22/h15,18-19,22,24,31-33H,2-13H2,1H3/t15-,18-,19-,22-/m1/s1. The highest BCUT2D eigenvalue weighted by molar-refractivity contribution is 7.98. The Kier molecular flexibility index (Phi) is 7.44. The molecule has 0 aromatic carbocycles. The summed E-state index contributed by atoms with van der Waals surface area (Å²) in [6.07, 6.45) is 4.55. The second-order valence-corrected chi connectivity index (χ2v) is 10.3. The van der Waals surface area contributed by atoms with Crippen molar-refractivity contribution >= 4 is 34.4 Å². The fourth-order valence-corrected chi connectivity index (χ4v) is 5.67. The molecule has 0 amide bonds. The maximum absolute atomic E-state index is 10.8. The topological polar surface area (TPSA) is 144 Å². The van der Waals surface area contributed by atoms with Crippen LogP contribution in [0.5, 0.6) is 0 Å². The predicted octanol–water partition coefficient (Wildman–Crippen LogP) is 1.16. The molecule has 4 N–H and O–H groups in total. The predicted molar refractivity (Wildman–Crippen MR) is 133 cm³/mol. The number of aromatic nitrogens is 4. The number of aliphatic hydroxyl groups excluding tert-OH is 3. The molecule has 2 aromatic rings. The van der Waals surface area contributed by atoms with Gasteiger partial charge >= 0.3 is 0 Å². The second kappa shape index (κ2) is 10.6. The summed E-state index contributed by atoms with van der Waals surface area (Å²) in [7, 11) is 0. The van der Waals surface area contributed by atoms with Crippen molar-refractivity contribution in [2.24, 2.45) is 0 Å². The summed E-state index contributed by atoms with van der Waals surface area (Å²) in [4.78, 5) is 14.0. The minimum Gasteiger partial charge on any atom is -0.394 e. The first kappa shape index (κ1) is 24.7. The molecule has 0 bridgehead atoms. The largest absolute Gasteiger partial charge is 0.394 e. The van der Waals surface area contributed by atoms with Gasteiger partial charge in [-0.3, -0.25) is 5.41 Å². The number of fused-ring (bicyclic) bond motifs is 1. The molecule has 3 fully saturated rings. The van der Waals surface area contributed by atoms with Crippen molar-refractivity contribution in [2.75, 3.05) is 43.9 Å². The van der Waals surface area contributed by atoms with Gasteiger partial charge in [0.05, 0.1) is 17.7 Å². The van der Waals surface area contributed by atoms with Crippen LogP contribution in [-0.2, 0) is 11.2 Å². The van der Waals surface area contributed by atoms with Crippen LogP contribution in [0.4, 0.5) is 5.82 Å². The molecule has 2 aromatic heterocycles. The van der Waals surface area contributed by atoms with Crippen LogP contribution in [0.1, 0.15) is 50.4 Å². The summed E-state index contributed by atoms with van der Waals surface area (Å²) >= 11 is 1.43. The molecule has 192 valence electrons. The zero-order valence-corrected chi connectivity index (χ0v) is 21.0. The van der Waals surface area contributed by atoms with Gasteiger partial charge in [-0.15, -0.1) is 0 Å². The lowest BCUT2D eigenvalue weighted by Crippen LogP contribution is -2.36. The number of amidine groups is 1. The van der Waals surface area contributed by atoms with Crippen molar-refractivity contribution in [3.8, 4) is 0 Å².